The monoisotopic (exact) mass is 372 g/mol. The second-order valence-electron chi connectivity index (χ2n) is 8.28. The van der Waals surface area contributed by atoms with Crippen molar-refractivity contribution in [2.24, 2.45) is 17.8 Å². The van der Waals surface area contributed by atoms with Gasteiger partial charge in [-0.2, -0.15) is 0 Å². The van der Waals surface area contributed by atoms with Crippen LogP contribution in [0.25, 0.3) is 0 Å². The van der Waals surface area contributed by atoms with Gasteiger partial charge in [-0.05, 0) is 62.5 Å². The van der Waals surface area contributed by atoms with Crippen LogP contribution in [-0.2, 0) is 0 Å². The second-order valence-corrected chi connectivity index (χ2v) is 8.28. The van der Waals surface area contributed by atoms with E-state index in [0.717, 1.165) is 43.1 Å². The van der Waals surface area contributed by atoms with Gasteiger partial charge in [-0.3, -0.25) is 0 Å². The molecule has 3 N–H and O–H groups in total. The first kappa shape index (κ1) is 19.5. The van der Waals surface area contributed by atoms with E-state index in [1.54, 1.807) is 0 Å². The van der Waals surface area contributed by atoms with Gasteiger partial charge >= 0.3 is 12.1 Å². The predicted molar refractivity (Wildman–Crippen MR) is 108 cm³/mol. The molecule has 3 rings (SSSR count). The summed E-state index contributed by atoms with van der Waals surface area (Å²) < 4.78 is 0. The highest BCUT2D eigenvalue weighted by atomic mass is 16.2. The maximum Gasteiger partial charge on any atom is 0.319 e. The molecule has 2 fully saturated rings. The first-order valence-corrected chi connectivity index (χ1v) is 10.1. The maximum absolute atomic E-state index is 12.4. The number of aryl methyl sites for hydroxylation is 1. The van der Waals surface area contributed by atoms with Crippen LogP contribution in [0.15, 0.2) is 24.3 Å². The summed E-state index contributed by atoms with van der Waals surface area (Å²) in [5, 5.41) is 8.87. The number of nitrogens with one attached hydrogen (secondary N) is 3. The van der Waals surface area contributed by atoms with Crippen LogP contribution in [-0.4, -0.2) is 43.1 Å². The summed E-state index contributed by atoms with van der Waals surface area (Å²) in [7, 11) is 0. The van der Waals surface area contributed by atoms with Crippen LogP contribution in [0.5, 0.6) is 0 Å². The van der Waals surface area contributed by atoms with Crippen molar-refractivity contribution in [1.82, 2.24) is 15.5 Å². The fraction of sp³-hybridized carbons (Fsp3) is 0.619. The van der Waals surface area contributed by atoms with Crippen molar-refractivity contribution in [3.8, 4) is 0 Å². The van der Waals surface area contributed by atoms with E-state index in [1.165, 1.54) is 12.8 Å². The van der Waals surface area contributed by atoms with Crippen molar-refractivity contribution in [2.75, 3.05) is 31.5 Å². The fourth-order valence-electron chi connectivity index (χ4n) is 4.04. The summed E-state index contributed by atoms with van der Waals surface area (Å²) in [6.07, 6.45) is 4.47. The molecule has 27 heavy (non-hydrogen) atoms. The number of anilines is 1. The Labute approximate surface area is 162 Å². The highest BCUT2D eigenvalue weighted by Gasteiger charge is 2.28. The molecule has 1 aliphatic carbocycles. The molecule has 1 aliphatic heterocycles. The van der Waals surface area contributed by atoms with Crippen molar-refractivity contribution in [1.29, 1.82) is 0 Å². The zero-order chi connectivity index (χ0) is 19.2. The van der Waals surface area contributed by atoms with Crippen molar-refractivity contribution in [2.45, 2.75) is 39.5 Å². The number of rotatable bonds is 5. The molecule has 6 nitrogen and oxygen atoms in total. The normalized spacial score (nSPS) is 24.7. The number of nitrogens with zero attached hydrogens (tertiary/aromatic N) is 1. The summed E-state index contributed by atoms with van der Waals surface area (Å²) in [5.74, 6) is 1.76. The Bertz CT molecular complexity index is 640. The summed E-state index contributed by atoms with van der Waals surface area (Å²) in [4.78, 5) is 26.4. The highest BCUT2D eigenvalue weighted by molar-refractivity contribution is 5.89. The quantitative estimate of drug-likeness (QED) is 0.739. The summed E-state index contributed by atoms with van der Waals surface area (Å²) >= 11 is 0. The van der Waals surface area contributed by atoms with Gasteiger partial charge in [0.2, 0.25) is 0 Å². The van der Waals surface area contributed by atoms with Crippen LogP contribution in [0.3, 0.4) is 0 Å². The number of likely N-dealkylation sites (tertiary alicyclic amines) is 1. The minimum absolute atomic E-state index is 0.0448. The van der Waals surface area contributed by atoms with Gasteiger partial charge < -0.3 is 20.9 Å². The third kappa shape index (κ3) is 5.88. The SMILES string of the molecule is Cc1ccc(NC(=O)NCC2CCCN(C(=O)NCC3CC(C)C3)C2)cc1. The molecular weight excluding hydrogens is 340 g/mol. The topological polar surface area (TPSA) is 73.5 Å². The number of amides is 4. The summed E-state index contributed by atoms with van der Waals surface area (Å²) in [5.41, 5.74) is 1.95. The summed E-state index contributed by atoms with van der Waals surface area (Å²) in [6, 6.07) is 7.58. The Kier molecular flexibility index (Phi) is 6.58. The van der Waals surface area contributed by atoms with Crippen LogP contribution in [0.1, 0.15) is 38.2 Å². The molecule has 1 aromatic rings. The Hall–Kier alpha value is -2.24. The Morgan fingerprint density at radius 2 is 1.78 bits per heavy atom. The number of carbonyl (C=O) groups is 2. The molecule has 0 bridgehead atoms. The number of hydrogen-bond donors (Lipinski definition) is 3. The van der Waals surface area contributed by atoms with Gasteiger partial charge in [-0.1, -0.05) is 24.6 Å². The Balaban J connectivity index is 1.36. The third-order valence-electron chi connectivity index (χ3n) is 5.68. The van der Waals surface area contributed by atoms with E-state index in [2.05, 4.69) is 22.9 Å². The van der Waals surface area contributed by atoms with E-state index < -0.39 is 0 Å². The first-order valence-electron chi connectivity index (χ1n) is 10.1. The van der Waals surface area contributed by atoms with E-state index in [4.69, 9.17) is 0 Å². The van der Waals surface area contributed by atoms with Crippen LogP contribution in [0.4, 0.5) is 15.3 Å². The van der Waals surface area contributed by atoms with Gasteiger partial charge in [0.15, 0.2) is 0 Å². The molecule has 148 valence electrons. The largest absolute Gasteiger partial charge is 0.338 e. The molecule has 0 spiro atoms. The van der Waals surface area contributed by atoms with Gasteiger partial charge in [-0.15, -0.1) is 0 Å². The van der Waals surface area contributed by atoms with Crippen molar-refractivity contribution in [3.05, 3.63) is 29.8 Å². The molecule has 0 radical (unpaired) electrons. The average Bonchev–Trinajstić information content (AvgIpc) is 2.64. The molecule has 1 heterocycles. The van der Waals surface area contributed by atoms with Gasteiger partial charge in [0, 0.05) is 31.9 Å². The zero-order valence-corrected chi connectivity index (χ0v) is 16.5. The van der Waals surface area contributed by atoms with E-state index in [1.807, 2.05) is 36.1 Å². The summed E-state index contributed by atoms with van der Waals surface area (Å²) in [6.45, 7) is 7.16. The highest BCUT2D eigenvalue weighted by Crippen LogP contribution is 2.32. The Morgan fingerprint density at radius 3 is 2.48 bits per heavy atom. The van der Waals surface area contributed by atoms with E-state index in [0.29, 0.717) is 24.9 Å². The third-order valence-corrected chi connectivity index (χ3v) is 5.68. The average molecular weight is 373 g/mol. The zero-order valence-electron chi connectivity index (χ0n) is 16.5. The Morgan fingerprint density at radius 1 is 1.07 bits per heavy atom. The molecule has 1 saturated carbocycles. The number of piperidine rings is 1. The minimum Gasteiger partial charge on any atom is -0.338 e. The molecule has 1 atom stereocenters. The molecule has 6 heteroatoms. The lowest BCUT2D eigenvalue weighted by molar-refractivity contribution is 0.155. The molecule has 0 aromatic heterocycles. The van der Waals surface area contributed by atoms with Crippen molar-refractivity contribution >= 4 is 17.7 Å². The molecule has 2 aliphatic rings. The van der Waals surface area contributed by atoms with Crippen molar-refractivity contribution in [3.63, 3.8) is 0 Å². The van der Waals surface area contributed by atoms with E-state index in [9.17, 15) is 9.59 Å². The maximum atomic E-state index is 12.4. The minimum atomic E-state index is -0.195. The lowest BCUT2D eigenvalue weighted by Gasteiger charge is -2.35. The molecule has 1 aromatic carbocycles. The molecule has 1 saturated heterocycles. The molecule has 4 amide bonds. The number of urea groups is 2. The fourth-order valence-corrected chi connectivity index (χ4v) is 4.04. The van der Waals surface area contributed by atoms with Gasteiger partial charge in [0.05, 0.1) is 0 Å². The van der Waals surface area contributed by atoms with Crippen LogP contribution in [0.2, 0.25) is 0 Å². The standard InChI is InChI=1S/C21H32N4O2/c1-15-5-7-19(8-6-15)24-20(26)22-12-17-4-3-9-25(14-17)21(27)23-13-18-10-16(2)11-18/h5-8,16-18H,3-4,9-14H2,1-2H3,(H,23,27)(H2,22,24,26). The van der Waals surface area contributed by atoms with Crippen LogP contribution < -0.4 is 16.0 Å². The number of carbonyl (C=O) groups excluding carboxylic acids is 2. The lowest BCUT2D eigenvalue weighted by Crippen LogP contribution is -2.49. The van der Waals surface area contributed by atoms with E-state index in [-0.39, 0.29) is 12.1 Å². The lowest BCUT2D eigenvalue weighted by atomic mass is 9.76. The van der Waals surface area contributed by atoms with E-state index >= 15 is 0 Å². The molecular formula is C21H32N4O2. The number of hydrogen-bond acceptors (Lipinski definition) is 2. The molecule has 1 unspecified atom stereocenters. The first-order chi connectivity index (χ1) is 13.0. The number of benzene rings is 1. The van der Waals surface area contributed by atoms with Gasteiger partial charge in [0.25, 0.3) is 0 Å². The van der Waals surface area contributed by atoms with Crippen LogP contribution >= 0.6 is 0 Å². The van der Waals surface area contributed by atoms with Crippen LogP contribution in [0, 0.1) is 24.7 Å². The van der Waals surface area contributed by atoms with Gasteiger partial charge in [0.1, 0.15) is 0 Å². The second kappa shape index (κ2) is 9.11. The van der Waals surface area contributed by atoms with Gasteiger partial charge in [-0.25, -0.2) is 9.59 Å². The predicted octanol–water partition coefficient (Wildman–Crippen LogP) is 3.58. The smallest absolute Gasteiger partial charge is 0.319 e. The van der Waals surface area contributed by atoms with Crippen molar-refractivity contribution < 1.29 is 9.59 Å².